The van der Waals surface area contributed by atoms with Crippen LogP contribution in [-0.2, 0) is 9.59 Å². The van der Waals surface area contributed by atoms with Gasteiger partial charge in [0, 0.05) is 22.7 Å². The Morgan fingerprint density at radius 2 is 2.00 bits per heavy atom. The van der Waals surface area contributed by atoms with Gasteiger partial charge < -0.3 is 15.9 Å². The van der Waals surface area contributed by atoms with Gasteiger partial charge in [-0.2, -0.15) is 0 Å². The lowest BCUT2D eigenvalue weighted by Gasteiger charge is -2.14. The number of nitrogens with zero attached hydrogens (tertiary/aromatic N) is 2. The zero-order valence-corrected chi connectivity index (χ0v) is 15.3. The van der Waals surface area contributed by atoms with Crippen molar-refractivity contribution in [2.24, 2.45) is 11.5 Å². The molecule has 25 heavy (non-hydrogen) atoms. The monoisotopic (exact) mass is 420 g/mol. The second-order valence-corrected chi connectivity index (χ2v) is 6.91. The highest BCUT2D eigenvalue weighted by Gasteiger charge is 2.28. The molecule has 3 rings (SSSR count). The van der Waals surface area contributed by atoms with Crippen molar-refractivity contribution in [1.82, 2.24) is 9.38 Å². The molecule has 2 aromatic heterocycles. The minimum absolute atomic E-state index is 0.212. The summed E-state index contributed by atoms with van der Waals surface area (Å²) in [4.78, 5) is 28.1. The normalized spacial score (nSPS) is 12.2. The Bertz CT molecular complexity index is 986. The highest BCUT2D eigenvalue weighted by molar-refractivity contribution is 9.10. The molecule has 8 heteroatoms. The zero-order chi connectivity index (χ0) is 18.1. The molecule has 0 spiro atoms. The van der Waals surface area contributed by atoms with Crippen molar-refractivity contribution in [2.75, 3.05) is 0 Å². The molecule has 0 saturated carbocycles. The largest absolute Gasteiger partial charge is 0.370 e. The Hall–Kier alpha value is -2.38. The van der Waals surface area contributed by atoms with E-state index in [0.29, 0.717) is 22.1 Å². The number of benzene rings is 1. The summed E-state index contributed by atoms with van der Waals surface area (Å²) in [5.41, 5.74) is 13.3. The average molecular weight is 422 g/mol. The van der Waals surface area contributed by atoms with Crippen LogP contribution in [0.3, 0.4) is 0 Å². The second-order valence-electron chi connectivity index (χ2n) is 5.56. The summed E-state index contributed by atoms with van der Waals surface area (Å²) in [5, 5.41) is 0.467. The Morgan fingerprint density at radius 1 is 1.24 bits per heavy atom. The highest BCUT2D eigenvalue weighted by atomic mass is 79.9. The molecule has 128 valence electrons. The van der Waals surface area contributed by atoms with Crippen molar-refractivity contribution in [3.05, 3.63) is 57.8 Å². The summed E-state index contributed by atoms with van der Waals surface area (Å²) in [6.07, 6.45) is 1.42. The zero-order valence-electron chi connectivity index (χ0n) is 12.9. The summed E-state index contributed by atoms with van der Waals surface area (Å²) in [7, 11) is 0. The third-order valence-corrected chi connectivity index (χ3v) is 4.51. The number of nitrogens with two attached hydrogens (primary N) is 2. The number of carbonyl (C=O) groups excluding carboxylic acids is 2. The SMILES string of the molecule is NC(=O)CC(C(N)=O)c1c(-c2cccc(Br)c2)nc2ccc(Cl)cn12. The van der Waals surface area contributed by atoms with Gasteiger partial charge in [0.1, 0.15) is 5.65 Å². The molecule has 0 bridgehead atoms. The van der Waals surface area contributed by atoms with Crippen LogP contribution in [0.25, 0.3) is 16.9 Å². The second kappa shape index (κ2) is 6.85. The lowest BCUT2D eigenvalue weighted by molar-refractivity contribution is -0.124. The Labute approximate surface area is 156 Å². The van der Waals surface area contributed by atoms with E-state index in [0.717, 1.165) is 10.0 Å². The lowest BCUT2D eigenvalue weighted by Crippen LogP contribution is -2.28. The Balaban J connectivity index is 2.32. The van der Waals surface area contributed by atoms with Crippen molar-refractivity contribution >= 4 is 45.0 Å². The molecule has 0 aliphatic rings. The Morgan fingerprint density at radius 3 is 2.64 bits per heavy atom. The molecule has 1 aromatic carbocycles. The average Bonchev–Trinajstić information content (AvgIpc) is 2.90. The van der Waals surface area contributed by atoms with Crippen LogP contribution in [-0.4, -0.2) is 21.2 Å². The quantitative estimate of drug-likeness (QED) is 0.662. The number of amides is 2. The molecule has 2 amide bonds. The molecule has 0 aliphatic heterocycles. The number of halogens is 2. The number of imidazole rings is 1. The van der Waals surface area contributed by atoms with E-state index in [1.54, 1.807) is 22.7 Å². The molecule has 4 N–H and O–H groups in total. The van der Waals surface area contributed by atoms with Crippen molar-refractivity contribution in [1.29, 1.82) is 0 Å². The van der Waals surface area contributed by atoms with Crippen molar-refractivity contribution < 1.29 is 9.59 Å². The van der Waals surface area contributed by atoms with E-state index in [1.807, 2.05) is 24.3 Å². The topological polar surface area (TPSA) is 103 Å². The molecule has 0 aliphatic carbocycles. The van der Waals surface area contributed by atoms with E-state index in [2.05, 4.69) is 20.9 Å². The number of carbonyl (C=O) groups is 2. The number of fused-ring (bicyclic) bond motifs is 1. The van der Waals surface area contributed by atoms with Crippen LogP contribution in [0.4, 0.5) is 0 Å². The molecule has 0 fully saturated rings. The number of primary amides is 2. The third-order valence-electron chi connectivity index (χ3n) is 3.80. The van der Waals surface area contributed by atoms with E-state index < -0.39 is 17.7 Å². The van der Waals surface area contributed by atoms with Gasteiger partial charge in [-0.05, 0) is 24.3 Å². The van der Waals surface area contributed by atoms with Crippen LogP contribution >= 0.6 is 27.5 Å². The number of aromatic nitrogens is 2. The van der Waals surface area contributed by atoms with Gasteiger partial charge in [-0.1, -0.05) is 39.7 Å². The lowest BCUT2D eigenvalue weighted by atomic mass is 9.96. The summed E-state index contributed by atoms with van der Waals surface area (Å²) in [5.74, 6) is -2.20. The van der Waals surface area contributed by atoms with Gasteiger partial charge in [0.25, 0.3) is 0 Å². The molecule has 0 radical (unpaired) electrons. The minimum Gasteiger partial charge on any atom is -0.370 e. The van der Waals surface area contributed by atoms with E-state index in [1.165, 1.54) is 0 Å². The molecule has 2 heterocycles. The van der Waals surface area contributed by atoms with Gasteiger partial charge in [-0.25, -0.2) is 4.98 Å². The van der Waals surface area contributed by atoms with E-state index in [9.17, 15) is 9.59 Å². The van der Waals surface area contributed by atoms with Gasteiger partial charge >= 0.3 is 0 Å². The van der Waals surface area contributed by atoms with Crippen LogP contribution in [0.1, 0.15) is 18.0 Å². The molecule has 6 nitrogen and oxygen atoms in total. The van der Waals surface area contributed by atoms with Crippen LogP contribution in [0.5, 0.6) is 0 Å². The van der Waals surface area contributed by atoms with Gasteiger partial charge in [-0.15, -0.1) is 0 Å². The van der Waals surface area contributed by atoms with Crippen LogP contribution < -0.4 is 11.5 Å². The molecule has 3 aromatic rings. The fourth-order valence-electron chi connectivity index (χ4n) is 2.75. The Kier molecular flexibility index (Phi) is 4.78. The van der Waals surface area contributed by atoms with Crippen LogP contribution in [0, 0.1) is 0 Å². The summed E-state index contributed by atoms with van der Waals surface area (Å²) >= 11 is 9.52. The van der Waals surface area contributed by atoms with Crippen LogP contribution in [0.15, 0.2) is 47.1 Å². The van der Waals surface area contributed by atoms with Crippen molar-refractivity contribution in [3.63, 3.8) is 0 Å². The summed E-state index contributed by atoms with van der Waals surface area (Å²) < 4.78 is 2.54. The molecule has 1 atom stereocenters. The van der Waals surface area contributed by atoms with Crippen molar-refractivity contribution in [2.45, 2.75) is 12.3 Å². The maximum atomic E-state index is 12.0. The number of hydrogen-bond donors (Lipinski definition) is 2. The highest BCUT2D eigenvalue weighted by Crippen LogP contribution is 2.33. The molecule has 0 saturated heterocycles. The summed E-state index contributed by atoms with van der Waals surface area (Å²) in [6, 6.07) is 10.9. The first kappa shape index (κ1) is 17.4. The number of pyridine rings is 1. The fourth-order valence-corrected chi connectivity index (χ4v) is 3.31. The maximum Gasteiger partial charge on any atom is 0.227 e. The summed E-state index contributed by atoms with van der Waals surface area (Å²) in [6.45, 7) is 0. The molecular formula is C17H14BrClN4O2. The van der Waals surface area contributed by atoms with E-state index >= 15 is 0 Å². The van der Waals surface area contributed by atoms with Gasteiger partial charge in [0.15, 0.2) is 0 Å². The first-order valence-electron chi connectivity index (χ1n) is 7.38. The number of rotatable bonds is 5. The van der Waals surface area contributed by atoms with Gasteiger partial charge in [0.05, 0.1) is 22.3 Å². The predicted octanol–water partition coefficient (Wildman–Crippen LogP) is 2.86. The van der Waals surface area contributed by atoms with E-state index in [-0.39, 0.29) is 6.42 Å². The minimum atomic E-state index is -0.917. The maximum absolute atomic E-state index is 12.0. The van der Waals surface area contributed by atoms with Gasteiger partial charge in [0.2, 0.25) is 11.8 Å². The molecule has 1 unspecified atom stereocenters. The van der Waals surface area contributed by atoms with Crippen LogP contribution in [0.2, 0.25) is 5.02 Å². The van der Waals surface area contributed by atoms with Gasteiger partial charge in [-0.3, -0.25) is 9.59 Å². The first-order chi connectivity index (χ1) is 11.9. The standard InChI is InChI=1S/C17H14BrClN4O2/c18-10-3-1-2-9(6-10)15-16(12(17(21)25)7-13(20)24)23-8-11(19)4-5-14(23)22-15/h1-6,8,12H,7H2,(H2,20,24)(H2,21,25). The third kappa shape index (κ3) is 3.52. The first-order valence-corrected chi connectivity index (χ1v) is 8.55. The smallest absolute Gasteiger partial charge is 0.227 e. The predicted molar refractivity (Wildman–Crippen MR) is 99.1 cm³/mol. The van der Waals surface area contributed by atoms with Crippen molar-refractivity contribution in [3.8, 4) is 11.3 Å². The number of hydrogen-bond acceptors (Lipinski definition) is 3. The molecular weight excluding hydrogens is 408 g/mol. The fraction of sp³-hybridized carbons (Fsp3) is 0.118. The van der Waals surface area contributed by atoms with E-state index in [4.69, 9.17) is 23.1 Å².